The lowest BCUT2D eigenvalue weighted by Crippen LogP contribution is -2.46. The molecule has 0 aliphatic heterocycles. The summed E-state index contributed by atoms with van der Waals surface area (Å²) in [6.07, 6.45) is -14.7. The zero-order valence-corrected chi connectivity index (χ0v) is 15.0. The molecule has 3 nitrogen and oxygen atoms in total. The Bertz CT molecular complexity index is 815. The van der Waals surface area contributed by atoms with E-state index in [4.69, 9.17) is 4.74 Å². The molecule has 28 heavy (non-hydrogen) atoms. The molecule has 0 saturated heterocycles. The number of hydrogen-bond acceptors (Lipinski definition) is 3. The summed E-state index contributed by atoms with van der Waals surface area (Å²) in [5, 5.41) is 1.64. The number of ether oxygens (including phenoxy) is 2. The first-order valence-corrected chi connectivity index (χ1v) is 8.41. The van der Waals surface area contributed by atoms with E-state index in [0.29, 0.717) is 5.92 Å². The predicted octanol–water partition coefficient (Wildman–Crippen LogP) is 5.77. The van der Waals surface area contributed by atoms with Crippen LogP contribution in [0.25, 0.3) is 10.8 Å². The Morgan fingerprint density at radius 1 is 0.964 bits per heavy atom. The molecule has 0 N–H and O–H groups in total. The fourth-order valence-electron chi connectivity index (χ4n) is 2.50. The van der Waals surface area contributed by atoms with Crippen molar-refractivity contribution in [3.8, 4) is 5.75 Å². The van der Waals surface area contributed by atoms with Crippen LogP contribution >= 0.6 is 0 Å². The van der Waals surface area contributed by atoms with Crippen molar-refractivity contribution >= 4 is 16.7 Å². The van der Waals surface area contributed by atoms with Gasteiger partial charge in [-0.3, -0.25) is 0 Å². The topological polar surface area (TPSA) is 35.5 Å². The van der Waals surface area contributed by atoms with Gasteiger partial charge in [0.15, 0.2) is 6.61 Å². The number of hydrogen-bond donors (Lipinski definition) is 0. The van der Waals surface area contributed by atoms with Crippen molar-refractivity contribution in [3.63, 3.8) is 0 Å². The van der Waals surface area contributed by atoms with Crippen molar-refractivity contribution in [1.82, 2.24) is 0 Å². The summed E-state index contributed by atoms with van der Waals surface area (Å²) in [5.74, 6) is -1.28. The molecule has 154 valence electrons. The molecule has 0 radical (unpaired) electrons. The number of alkyl halides is 6. The summed E-state index contributed by atoms with van der Waals surface area (Å²) >= 11 is 0. The maximum absolute atomic E-state index is 12.4. The van der Waals surface area contributed by atoms with Crippen LogP contribution in [0.3, 0.4) is 0 Å². The number of rotatable bonds is 6. The lowest BCUT2D eigenvalue weighted by Gasteiger charge is -2.22. The van der Waals surface area contributed by atoms with Crippen molar-refractivity contribution in [1.29, 1.82) is 0 Å². The SMILES string of the molecule is CCC(C)c1ccc2cc(OCC(=O)OC(C(F)(F)F)C(F)(F)F)ccc2c1. The molecule has 0 aromatic heterocycles. The van der Waals surface area contributed by atoms with E-state index in [1.807, 2.05) is 18.2 Å². The number of benzene rings is 2. The van der Waals surface area contributed by atoms with Crippen LogP contribution in [0, 0.1) is 0 Å². The van der Waals surface area contributed by atoms with Crippen molar-refractivity contribution in [2.75, 3.05) is 6.61 Å². The van der Waals surface area contributed by atoms with Crippen LogP contribution in [0.2, 0.25) is 0 Å². The molecule has 0 amide bonds. The molecule has 2 aromatic carbocycles. The third-order valence-corrected chi connectivity index (χ3v) is 4.22. The standard InChI is InChI=1S/C19H18F6O3/c1-3-11(2)12-4-5-14-9-15(7-6-13(14)8-12)27-10-16(26)28-17(18(20,21)22)19(23,24)25/h4-9,11,17H,3,10H2,1-2H3. The van der Waals surface area contributed by atoms with Crippen LogP contribution in [0.4, 0.5) is 26.3 Å². The van der Waals surface area contributed by atoms with Crippen LogP contribution in [-0.4, -0.2) is 31.0 Å². The van der Waals surface area contributed by atoms with E-state index in [9.17, 15) is 31.1 Å². The molecule has 1 atom stereocenters. The van der Waals surface area contributed by atoms with Gasteiger partial charge in [-0.25, -0.2) is 4.79 Å². The molecule has 2 rings (SSSR count). The minimum Gasteiger partial charge on any atom is -0.482 e. The second kappa shape index (κ2) is 8.28. The molecule has 0 spiro atoms. The van der Waals surface area contributed by atoms with E-state index in [1.165, 1.54) is 12.1 Å². The third-order valence-electron chi connectivity index (χ3n) is 4.22. The van der Waals surface area contributed by atoms with E-state index in [-0.39, 0.29) is 5.75 Å². The van der Waals surface area contributed by atoms with Gasteiger partial charge in [-0.1, -0.05) is 38.1 Å². The van der Waals surface area contributed by atoms with E-state index in [1.54, 1.807) is 6.07 Å². The first-order chi connectivity index (χ1) is 12.9. The highest BCUT2D eigenvalue weighted by Gasteiger charge is 2.59. The lowest BCUT2D eigenvalue weighted by molar-refractivity contribution is -0.313. The van der Waals surface area contributed by atoms with Crippen LogP contribution in [-0.2, 0) is 9.53 Å². The van der Waals surface area contributed by atoms with Crippen LogP contribution in [0.15, 0.2) is 36.4 Å². The summed E-state index contributed by atoms with van der Waals surface area (Å²) in [6.45, 7) is 3.06. The maximum Gasteiger partial charge on any atom is 0.434 e. The van der Waals surface area contributed by atoms with Crippen LogP contribution in [0.5, 0.6) is 5.75 Å². The molecular weight excluding hydrogens is 390 g/mol. The molecule has 0 bridgehead atoms. The third kappa shape index (κ3) is 5.53. The van der Waals surface area contributed by atoms with Gasteiger partial charge in [-0.15, -0.1) is 0 Å². The number of fused-ring (bicyclic) bond motifs is 1. The Morgan fingerprint density at radius 3 is 2.11 bits per heavy atom. The fraction of sp³-hybridized carbons (Fsp3) is 0.421. The van der Waals surface area contributed by atoms with Crippen molar-refractivity contribution in [3.05, 3.63) is 42.0 Å². The molecule has 0 fully saturated rings. The quantitative estimate of drug-likeness (QED) is 0.450. The minimum absolute atomic E-state index is 0.122. The molecule has 0 aliphatic rings. The average molecular weight is 408 g/mol. The number of carbonyl (C=O) groups excluding carboxylic acids is 1. The van der Waals surface area contributed by atoms with Gasteiger partial charge in [0.25, 0.3) is 6.10 Å². The van der Waals surface area contributed by atoms with Crippen molar-refractivity contribution in [2.45, 2.75) is 44.6 Å². The van der Waals surface area contributed by atoms with E-state index < -0.39 is 31.0 Å². The predicted molar refractivity (Wildman–Crippen MR) is 90.1 cm³/mol. The fourth-order valence-corrected chi connectivity index (χ4v) is 2.50. The van der Waals surface area contributed by atoms with Crippen molar-refractivity contribution < 1.29 is 40.6 Å². The molecular formula is C19H18F6O3. The minimum atomic E-state index is -5.76. The van der Waals surface area contributed by atoms with Gasteiger partial charge in [0, 0.05) is 0 Å². The second-order valence-corrected chi connectivity index (χ2v) is 6.32. The van der Waals surface area contributed by atoms with Crippen LogP contribution in [0.1, 0.15) is 31.7 Å². The smallest absolute Gasteiger partial charge is 0.434 e. The van der Waals surface area contributed by atoms with Gasteiger partial charge in [-0.05, 0) is 40.8 Å². The van der Waals surface area contributed by atoms with Gasteiger partial charge in [-0.2, -0.15) is 26.3 Å². The van der Waals surface area contributed by atoms with Gasteiger partial charge in [0.05, 0.1) is 0 Å². The summed E-state index contributed by atoms with van der Waals surface area (Å²) in [7, 11) is 0. The summed E-state index contributed by atoms with van der Waals surface area (Å²) in [6, 6.07) is 10.4. The second-order valence-electron chi connectivity index (χ2n) is 6.32. The van der Waals surface area contributed by atoms with Gasteiger partial charge >= 0.3 is 18.3 Å². The van der Waals surface area contributed by atoms with E-state index in [0.717, 1.165) is 22.8 Å². The van der Waals surface area contributed by atoms with Gasteiger partial charge in [0.1, 0.15) is 5.75 Å². The highest BCUT2D eigenvalue weighted by atomic mass is 19.4. The summed E-state index contributed by atoms with van der Waals surface area (Å²) in [4.78, 5) is 11.4. The summed E-state index contributed by atoms with van der Waals surface area (Å²) in [5.41, 5.74) is 1.14. The van der Waals surface area contributed by atoms with Crippen LogP contribution < -0.4 is 4.74 Å². The Hall–Kier alpha value is -2.45. The Balaban J connectivity index is 2.05. The number of carbonyl (C=O) groups is 1. The maximum atomic E-state index is 12.4. The van der Waals surface area contributed by atoms with E-state index >= 15 is 0 Å². The Labute approximate surface area is 157 Å². The first-order valence-electron chi connectivity index (χ1n) is 8.41. The average Bonchev–Trinajstić information content (AvgIpc) is 2.61. The monoisotopic (exact) mass is 408 g/mol. The van der Waals surface area contributed by atoms with Crippen molar-refractivity contribution in [2.24, 2.45) is 0 Å². The van der Waals surface area contributed by atoms with Gasteiger partial charge in [0.2, 0.25) is 0 Å². The highest BCUT2D eigenvalue weighted by molar-refractivity contribution is 5.84. The number of esters is 1. The highest BCUT2D eigenvalue weighted by Crippen LogP contribution is 2.35. The van der Waals surface area contributed by atoms with Gasteiger partial charge < -0.3 is 9.47 Å². The first kappa shape index (κ1) is 21.8. The Morgan fingerprint density at radius 2 is 1.54 bits per heavy atom. The number of halogens is 6. The molecule has 9 heteroatoms. The largest absolute Gasteiger partial charge is 0.482 e. The normalized spacial score (nSPS) is 13.6. The zero-order valence-electron chi connectivity index (χ0n) is 15.0. The molecule has 0 saturated carbocycles. The molecule has 0 heterocycles. The lowest BCUT2D eigenvalue weighted by atomic mass is 9.96. The zero-order chi connectivity index (χ0) is 21.1. The van der Waals surface area contributed by atoms with E-state index in [2.05, 4.69) is 18.6 Å². The molecule has 1 unspecified atom stereocenters. The molecule has 2 aromatic rings. The molecule has 0 aliphatic carbocycles. The Kier molecular flexibility index (Phi) is 6.46. The summed E-state index contributed by atoms with van der Waals surface area (Å²) < 4.78 is 82.9.